The molecular formula is C15H13BrN3O2S-. The number of furan rings is 1. The number of ether oxygens (including phenoxy) is 1. The van der Waals surface area contributed by atoms with Crippen LogP contribution in [0.25, 0.3) is 11.3 Å². The molecule has 2 aromatic heterocycles. The van der Waals surface area contributed by atoms with Gasteiger partial charge in [-0.25, -0.2) is 4.98 Å². The number of hydrazone groups is 1. The van der Waals surface area contributed by atoms with Gasteiger partial charge in [0.25, 0.3) is 0 Å². The lowest BCUT2D eigenvalue weighted by Gasteiger charge is -2.00. The highest BCUT2D eigenvalue weighted by atomic mass is 79.9. The molecule has 0 amide bonds. The molecule has 0 aliphatic heterocycles. The van der Waals surface area contributed by atoms with E-state index in [4.69, 9.17) is 9.15 Å². The Morgan fingerprint density at radius 3 is 2.77 bits per heavy atom. The van der Waals surface area contributed by atoms with Crippen molar-refractivity contribution in [2.24, 2.45) is 5.10 Å². The molecule has 0 unspecified atom stereocenters. The molecule has 0 atom stereocenters. The monoisotopic (exact) mass is 378 g/mol. The lowest BCUT2D eigenvalue weighted by molar-refractivity contribution is -0.00000489. The van der Waals surface area contributed by atoms with Crippen molar-refractivity contribution in [2.75, 3.05) is 12.5 Å². The van der Waals surface area contributed by atoms with Crippen molar-refractivity contribution in [2.45, 2.75) is 0 Å². The molecule has 7 heteroatoms. The molecule has 1 aromatic carbocycles. The van der Waals surface area contributed by atoms with Crippen molar-refractivity contribution in [3.8, 4) is 17.0 Å². The second kappa shape index (κ2) is 7.77. The quantitative estimate of drug-likeness (QED) is 0.528. The second-order valence-electron chi connectivity index (χ2n) is 4.15. The molecule has 0 saturated carbocycles. The van der Waals surface area contributed by atoms with E-state index >= 15 is 0 Å². The smallest absolute Gasteiger partial charge is 0.203 e. The normalized spacial score (nSPS) is 10.4. The van der Waals surface area contributed by atoms with Gasteiger partial charge in [0.2, 0.25) is 5.13 Å². The summed E-state index contributed by atoms with van der Waals surface area (Å²) in [6, 6.07) is 11.4. The van der Waals surface area contributed by atoms with E-state index in [0.717, 1.165) is 22.1 Å². The van der Waals surface area contributed by atoms with Crippen LogP contribution in [0.5, 0.6) is 5.75 Å². The SMILES string of the molecule is COc1ccc(-c2csc(N/N=C/c3ccco3)n2)cc1.[Br-]. The predicted octanol–water partition coefficient (Wildman–Crippen LogP) is 0.862. The lowest BCUT2D eigenvalue weighted by Crippen LogP contribution is -3.00. The Morgan fingerprint density at radius 2 is 2.09 bits per heavy atom. The van der Waals surface area contributed by atoms with Crippen molar-refractivity contribution in [1.29, 1.82) is 0 Å². The Hall–Kier alpha value is -2.12. The summed E-state index contributed by atoms with van der Waals surface area (Å²) in [6.07, 6.45) is 3.21. The van der Waals surface area contributed by atoms with Gasteiger partial charge in [-0.3, -0.25) is 5.43 Å². The van der Waals surface area contributed by atoms with Gasteiger partial charge in [-0.15, -0.1) is 11.3 Å². The first-order chi connectivity index (χ1) is 10.3. The van der Waals surface area contributed by atoms with Gasteiger partial charge in [0.1, 0.15) is 11.5 Å². The topological polar surface area (TPSA) is 59.6 Å². The van der Waals surface area contributed by atoms with E-state index in [1.165, 1.54) is 11.3 Å². The third kappa shape index (κ3) is 3.96. The van der Waals surface area contributed by atoms with E-state index in [0.29, 0.717) is 5.76 Å². The van der Waals surface area contributed by atoms with Gasteiger partial charge >= 0.3 is 0 Å². The highest BCUT2D eigenvalue weighted by molar-refractivity contribution is 7.14. The molecule has 114 valence electrons. The number of nitrogens with zero attached hydrogens (tertiary/aromatic N) is 2. The van der Waals surface area contributed by atoms with Crippen LogP contribution in [0.1, 0.15) is 5.76 Å². The van der Waals surface area contributed by atoms with Crippen LogP contribution < -0.4 is 27.1 Å². The number of methoxy groups -OCH3 is 1. The summed E-state index contributed by atoms with van der Waals surface area (Å²) < 4.78 is 10.3. The summed E-state index contributed by atoms with van der Waals surface area (Å²) in [5, 5.41) is 6.78. The van der Waals surface area contributed by atoms with E-state index < -0.39 is 0 Å². The molecule has 22 heavy (non-hydrogen) atoms. The molecule has 3 aromatic rings. The first-order valence-corrected chi connectivity index (χ1v) is 7.15. The van der Waals surface area contributed by atoms with Crippen LogP contribution in [0.3, 0.4) is 0 Å². The Bertz CT molecular complexity index is 724. The molecule has 0 spiro atoms. The third-order valence-corrected chi connectivity index (χ3v) is 3.53. The summed E-state index contributed by atoms with van der Waals surface area (Å²) in [5.74, 6) is 1.52. The van der Waals surface area contributed by atoms with Crippen molar-refractivity contribution in [1.82, 2.24) is 4.98 Å². The van der Waals surface area contributed by atoms with Crippen molar-refractivity contribution in [3.05, 3.63) is 53.8 Å². The van der Waals surface area contributed by atoms with Crippen LogP contribution in [-0.2, 0) is 0 Å². The molecule has 0 aliphatic rings. The first-order valence-electron chi connectivity index (χ1n) is 6.28. The van der Waals surface area contributed by atoms with Crippen LogP contribution in [0, 0.1) is 0 Å². The molecule has 5 nitrogen and oxygen atoms in total. The van der Waals surface area contributed by atoms with Crippen LogP contribution in [0.2, 0.25) is 0 Å². The summed E-state index contributed by atoms with van der Waals surface area (Å²) in [6.45, 7) is 0. The Kier molecular flexibility index (Phi) is 5.74. The molecule has 0 radical (unpaired) electrons. The molecule has 0 fully saturated rings. The molecular weight excluding hydrogens is 366 g/mol. The number of aromatic nitrogens is 1. The zero-order chi connectivity index (χ0) is 14.5. The van der Waals surface area contributed by atoms with Crippen molar-refractivity contribution < 1.29 is 26.1 Å². The largest absolute Gasteiger partial charge is 1.00 e. The molecule has 0 bridgehead atoms. The van der Waals surface area contributed by atoms with Crippen molar-refractivity contribution in [3.63, 3.8) is 0 Å². The Morgan fingerprint density at radius 1 is 1.27 bits per heavy atom. The van der Waals surface area contributed by atoms with E-state index in [1.54, 1.807) is 19.6 Å². The number of hydrogen-bond donors (Lipinski definition) is 1. The Balaban J connectivity index is 0.00000176. The molecule has 3 rings (SSSR count). The van der Waals surface area contributed by atoms with Gasteiger partial charge < -0.3 is 26.1 Å². The third-order valence-electron chi connectivity index (χ3n) is 2.79. The number of anilines is 1. The van der Waals surface area contributed by atoms with Crippen molar-refractivity contribution >= 4 is 22.7 Å². The van der Waals surface area contributed by atoms with Gasteiger partial charge in [-0.2, -0.15) is 5.10 Å². The Labute approximate surface area is 142 Å². The molecule has 2 heterocycles. The first kappa shape index (κ1) is 16.3. The minimum absolute atomic E-state index is 0. The maximum atomic E-state index is 5.15. The highest BCUT2D eigenvalue weighted by Crippen LogP contribution is 2.26. The standard InChI is InChI=1S/C15H13N3O2S.BrH/c1-19-12-6-4-11(5-7-12)14-10-21-15(17-14)18-16-9-13-3-2-8-20-13;/h2-10H,1H3,(H,17,18);1H/p-1/b16-9+;. The average molecular weight is 379 g/mol. The van der Waals surface area contributed by atoms with Gasteiger partial charge in [-0.1, -0.05) is 0 Å². The van der Waals surface area contributed by atoms with E-state index in [1.807, 2.05) is 41.8 Å². The fourth-order valence-electron chi connectivity index (χ4n) is 1.74. The number of nitrogens with one attached hydrogen (secondary N) is 1. The predicted molar refractivity (Wildman–Crippen MR) is 84.0 cm³/mol. The van der Waals surface area contributed by atoms with Crippen LogP contribution in [0.4, 0.5) is 5.13 Å². The van der Waals surface area contributed by atoms with Gasteiger partial charge in [-0.05, 0) is 36.4 Å². The minimum atomic E-state index is 0. The second-order valence-corrected chi connectivity index (χ2v) is 5.01. The maximum Gasteiger partial charge on any atom is 0.203 e. The van der Waals surface area contributed by atoms with E-state index in [2.05, 4.69) is 15.5 Å². The van der Waals surface area contributed by atoms with E-state index in [9.17, 15) is 0 Å². The molecule has 0 saturated heterocycles. The minimum Gasteiger partial charge on any atom is -1.00 e. The number of hydrogen-bond acceptors (Lipinski definition) is 6. The summed E-state index contributed by atoms with van der Waals surface area (Å²) in [7, 11) is 1.65. The van der Waals surface area contributed by atoms with Gasteiger partial charge in [0, 0.05) is 10.9 Å². The molecule has 0 aliphatic carbocycles. The maximum absolute atomic E-state index is 5.15. The van der Waals surface area contributed by atoms with E-state index in [-0.39, 0.29) is 17.0 Å². The fourth-order valence-corrected chi connectivity index (χ4v) is 2.40. The zero-order valence-corrected chi connectivity index (χ0v) is 14.1. The summed E-state index contributed by atoms with van der Waals surface area (Å²) in [4.78, 5) is 4.48. The molecule has 1 N–H and O–H groups in total. The summed E-state index contributed by atoms with van der Waals surface area (Å²) >= 11 is 1.49. The lowest BCUT2D eigenvalue weighted by atomic mass is 10.2. The van der Waals surface area contributed by atoms with Crippen LogP contribution in [0.15, 0.2) is 57.6 Å². The number of halogens is 1. The van der Waals surface area contributed by atoms with Crippen LogP contribution in [-0.4, -0.2) is 18.3 Å². The number of rotatable bonds is 5. The highest BCUT2D eigenvalue weighted by Gasteiger charge is 2.04. The van der Waals surface area contributed by atoms with Gasteiger partial charge in [0.15, 0.2) is 0 Å². The van der Waals surface area contributed by atoms with Gasteiger partial charge in [0.05, 0.1) is 25.3 Å². The van der Waals surface area contributed by atoms with Crippen LogP contribution >= 0.6 is 11.3 Å². The fraction of sp³-hybridized carbons (Fsp3) is 0.0667. The summed E-state index contributed by atoms with van der Waals surface area (Å²) in [5.41, 5.74) is 4.83. The average Bonchev–Trinajstić information content (AvgIpc) is 3.19. The zero-order valence-electron chi connectivity index (χ0n) is 11.7. The number of thiazole rings is 1. The number of benzene rings is 1.